The maximum Gasteiger partial charge on any atom is 0.254 e. The van der Waals surface area contributed by atoms with E-state index in [0.29, 0.717) is 44.0 Å². The molecule has 2 fully saturated rings. The number of hydrogen-bond donors (Lipinski definition) is 0. The summed E-state index contributed by atoms with van der Waals surface area (Å²) in [6.45, 7) is 1.12. The Kier molecular flexibility index (Phi) is 4.96. The average Bonchev–Trinajstić information content (AvgIpc) is 3.41. The van der Waals surface area contributed by atoms with Crippen molar-refractivity contribution in [3.8, 4) is 0 Å². The van der Waals surface area contributed by atoms with Gasteiger partial charge >= 0.3 is 0 Å². The lowest BCUT2D eigenvalue weighted by atomic mass is 10.1. The van der Waals surface area contributed by atoms with Gasteiger partial charge in [0.15, 0.2) is 15.7 Å². The summed E-state index contributed by atoms with van der Waals surface area (Å²) < 4.78 is 35.6. The van der Waals surface area contributed by atoms with E-state index in [1.807, 2.05) is 0 Å². The van der Waals surface area contributed by atoms with E-state index in [9.17, 15) is 13.2 Å². The fourth-order valence-corrected chi connectivity index (χ4v) is 5.58. The molecule has 27 heavy (non-hydrogen) atoms. The lowest BCUT2D eigenvalue weighted by Crippen LogP contribution is -2.43. The quantitative estimate of drug-likeness (QED) is 0.785. The standard InChI is InChI=1S/C18H21N3O5S/c22-18(21-9-10-25-11-16(21)17-19-12-26-20-17)13-5-7-15(8-6-13)27(23,24)14-3-1-2-4-14/h5-8,12,14,16H,1-4,9-11H2. The maximum atomic E-state index is 13.0. The van der Waals surface area contributed by atoms with E-state index >= 15 is 0 Å². The third kappa shape index (κ3) is 3.49. The Hall–Kier alpha value is -2.26. The predicted octanol–water partition coefficient (Wildman–Crippen LogP) is 2.00. The molecule has 1 aliphatic carbocycles. The molecular weight excluding hydrogens is 370 g/mol. The maximum absolute atomic E-state index is 13.0. The van der Waals surface area contributed by atoms with Crippen LogP contribution in [0, 0.1) is 0 Å². The summed E-state index contributed by atoms with van der Waals surface area (Å²) in [6.07, 6.45) is 4.55. The Morgan fingerprint density at radius 2 is 1.89 bits per heavy atom. The summed E-state index contributed by atoms with van der Waals surface area (Å²) in [5.74, 6) is 0.182. The molecule has 9 heteroatoms. The van der Waals surface area contributed by atoms with Crippen molar-refractivity contribution in [2.24, 2.45) is 0 Å². The third-order valence-corrected chi connectivity index (χ3v) is 7.51. The number of sulfone groups is 1. The fraction of sp³-hybridized carbons (Fsp3) is 0.500. The van der Waals surface area contributed by atoms with Crippen molar-refractivity contribution in [2.45, 2.75) is 41.9 Å². The zero-order valence-electron chi connectivity index (χ0n) is 14.8. The summed E-state index contributed by atoms with van der Waals surface area (Å²) in [4.78, 5) is 18.9. The monoisotopic (exact) mass is 391 g/mol. The molecule has 2 aromatic rings. The zero-order chi connectivity index (χ0) is 18.9. The fourth-order valence-electron chi connectivity index (χ4n) is 3.73. The number of rotatable bonds is 4. The van der Waals surface area contributed by atoms with Crippen LogP contribution in [0.1, 0.15) is 47.9 Å². The molecular formula is C18H21N3O5S. The summed E-state index contributed by atoms with van der Waals surface area (Å²) in [5, 5.41) is 3.51. The van der Waals surface area contributed by atoms with Gasteiger partial charge in [-0.1, -0.05) is 18.0 Å². The molecule has 0 spiro atoms. The molecule has 1 saturated carbocycles. The first-order valence-electron chi connectivity index (χ1n) is 9.06. The summed E-state index contributed by atoms with van der Waals surface area (Å²) in [7, 11) is -3.33. The van der Waals surface area contributed by atoms with E-state index in [1.54, 1.807) is 17.0 Å². The highest BCUT2D eigenvalue weighted by Crippen LogP contribution is 2.30. The van der Waals surface area contributed by atoms with Gasteiger partial charge in [-0.3, -0.25) is 4.79 Å². The van der Waals surface area contributed by atoms with Gasteiger partial charge in [0.1, 0.15) is 6.04 Å². The van der Waals surface area contributed by atoms with Gasteiger partial charge in [-0.25, -0.2) is 8.42 Å². The van der Waals surface area contributed by atoms with Crippen LogP contribution in [-0.2, 0) is 14.6 Å². The van der Waals surface area contributed by atoms with Crippen LogP contribution in [0.15, 0.2) is 40.1 Å². The van der Waals surface area contributed by atoms with Crippen LogP contribution < -0.4 is 0 Å². The number of ether oxygens (including phenoxy) is 1. The number of carbonyl (C=O) groups is 1. The molecule has 8 nitrogen and oxygen atoms in total. The highest BCUT2D eigenvalue weighted by atomic mass is 32.2. The van der Waals surface area contributed by atoms with Gasteiger partial charge in [-0.2, -0.15) is 4.98 Å². The number of amides is 1. The summed E-state index contributed by atoms with van der Waals surface area (Å²) in [5.41, 5.74) is 0.427. The first-order chi connectivity index (χ1) is 13.1. The summed E-state index contributed by atoms with van der Waals surface area (Å²) >= 11 is 0. The molecule has 2 aliphatic rings. The smallest absolute Gasteiger partial charge is 0.254 e. The molecule has 1 saturated heterocycles. The van der Waals surface area contributed by atoms with E-state index < -0.39 is 15.9 Å². The number of carbonyl (C=O) groups excluding carboxylic acids is 1. The lowest BCUT2D eigenvalue weighted by molar-refractivity contribution is -0.00577. The Labute approximate surface area is 157 Å². The van der Waals surface area contributed by atoms with Gasteiger partial charge in [0.2, 0.25) is 6.39 Å². The molecule has 1 unspecified atom stereocenters. The Bertz CT molecular complexity index is 890. The van der Waals surface area contributed by atoms with Gasteiger partial charge in [0, 0.05) is 12.1 Å². The van der Waals surface area contributed by atoms with Gasteiger partial charge in [0.05, 0.1) is 23.4 Å². The number of aromatic nitrogens is 2. The van der Waals surface area contributed by atoms with E-state index in [4.69, 9.17) is 9.26 Å². The topological polar surface area (TPSA) is 103 Å². The molecule has 1 aromatic carbocycles. The molecule has 2 heterocycles. The van der Waals surface area contributed by atoms with Crippen LogP contribution in [0.5, 0.6) is 0 Å². The van der Waals surface area contributed by atoms with Crippen LogP contribution in [0.3, 0.4) is 0 Å². The van der Waals surface area contributed by atoms with E-state index in [-0.39, 0.29) is 16.1 Å². The zero-order valence-corrected chi connectivity index (χ0v) is 15.6. The molecule has 1 atom stereocenters. The Morgan fingerprint density at radius 3 is 2.56 bits per heavy atom. The molecule has 1 amide bonds. The van der Waals surface area contributed by atoms with Crippen molar-refractivity contribution in [2.75, 3.05) is 19.8 Å². The molecule has 0 radical (unpaired) electrons. The number of benzene rings is 1. The molecule has 144 valence electrons. The van der Waals surface area contributed by atoms with Gasteiger partial charge in [0.25, 0.3) is 5.91 Å². The SMILES string of the molecule is O=C(c1ccc(S(=O)(=O)C2CCCC2)cc1)N1CCOCC1c1ncon1. The van der Waals surface area contributed by atoms with Crippen LogP contribution in [0.2, 0.25) is 0 Å². The predicted molar refractivity (Wildman–Crippen MR) is 94.8 cm³/mol. The number of morpholine rings is 1. The van der Waals surface area contributed by atoms with Crippen molar-refractivity contribution in [1.82, 2.24) is 15.0 Å². The minimum Gasteiger partial charge on any atom is -0.377 e. The van der Waals surface area contributed by atoms with Crippen molar-refractivity contribution in [1.29, 1.82) is 0 Å². The first-order valence-corrected chi connectivity index (χ1v) is 10.6. The molecule has 0 N–H and O–H groups in total. The van der Waals surface area contributed by atoms with Crippen LogP contribution in [0.4, 0.5) is 0 Å². The minimum atomic E-state index is -3.33. The van der Waals surface area contributed by atoms with E-state index in [0.717, 1.165) is 12.8 Å². The van der Waals surface area contributed by atoms with Crippen molar-refractivity contribution >= 4 is 15.7 Å². The molecule has 1 aromatic heterocycles. The van der Waals surface area contributed by atoms with Crippen LogP contribution in [-0.4, -0.2) is 54.4 Å². The highest BCUT2D eigenvalue weighted by molar-refractivity contribution is 7.92. The second-order valence-corrected chi connectivity index (χ2v) is 9.08. The molecule has 0 bridgehead atoms. The van der Waals surface area contributed by atoms with Crippen LogP contribution >= 0.6 is 0 Å². The second-order valence-electron chi connectivity index (χ2n) is 6.85. The van der Waals surface area contributed by atoms with E-state index in [2.05, 4.69) is 10.1 Å². The largest absolute Gasteiger partial charge is 0.377 e. The van der Waals surface area contributed by atoms with E-state index in [1.165, 1.54) is 18.5 Å². The van der Waals surface area contributed by atoms with Crippen LogP contribution in [0.25, 0.3) is 0 Å². The van der Waals surface area contributed by atoms with Gasteiger partial charge in [-0.05, 0) is 37.1 Å². The average molecular weight is 391 g/mol. The van der Waals surface area contributed by atoms with Gasteiger partial charge < -0.3 is 14.2 Å². The van der Waals surface area contributed by atoms with Crippen molar-refractivity contribution < 1.29 is 22.5 Å². The first kappa shape index (κ1) is 18.1. The highest BCUT2D eigenvalue weighted by Gasteiger charge is 2.33. The normalized spacial score (nSPS) is 21.5. The van der Waals surface area contributed by atoms with Crippen molar-refractivity contribution in [3.63, 3.8) is 0 Å². The number of nitrogens with zero attached hydrogens (tertiary/aromatic N) is 3. The lowest BCUT2D eigenvalue weighted by Gasteiger charge is -2.33. The second kappa shape index (κ2) is 7.40. The molecule has 4 rings (SSSR count). The Morgan fingerprint density at radius 1 is 1.15 bits per heavy atom. The number of hydrogen-bond acceptors (Lipinski definition) is 7. The Balaban J connectivity index is 1.55. The minimum absolute atomic E-state index is 0.210. The van der Waals surface area contributed by atoms with Crippen molar-refractivity contribution in [3.05, 3.63) is 42.0 Å². The molecule has 1 aliphatic heterocycles. The third-order valence-electron chi connectivity index (χ3n) is 5.24. The summed E-state index contributed by atoms with van der Waals surface area (Å²) in [6, 6.07) is 5.79. The van der Waals surface area contributed by atoms with Gasteiger partial charge in [-0.15, -0.1) is 0 Å².